The zero-order chi connectivity index (χ0) is 27.8. The molecule has 6 rings (SSSR count). The highest BCUT2D eigenvalue weighted by atomic mass is 35.5. The molecule has 1 saturated heterocycles. The van der Waals surface area contributed by atoms with Gasteiger partial charge in [0.15, 0.2) is 0 Å². The van der Waals surface area contributed by atoms with Gasteiger partial charge < -0.3 is 15.5 Å². The van der Waals surface area contributed by atoms with E-state index in [-0.39, 0.29) is 29.8 Å². The lowest BCUT2D eigenvalue weighted by Crippen LogP contribution is -2.52. The molecule has 1 atom stereocenters. The Morgan fingerprint density at radius 1 is 1.07 bits per heavy atom. The Labute approximate surface area is 235 Å². The predicted molar refractivity (Wildman–Crippen MR) is 151 cm³/mol. The van der Waals surface area contributed by atoms with Crippen LogP contribution in [0.15, 0.2) is 71.9 Å². The van der Waals surface area contributed by atoms with Gasteiger partial charge >= 0.3 is 0 Å². The maximum atomic E-state index is 14.8. The molecule has 0 spiro atoms. The molecule has 202 valence electrons. The van der Waals surface area contributed by atoms with Gasteiger partial charge in [0.1, 0.15) is 11.6 Å². The topological polar surface area (TPSA) is 82.5 Å². The summed E-state index contributed by atoms with van der Waals surface area (Å²) in [5.74, 6) is -1.09. The number of anilines is 2. The van der Waals surface area contributed by atoms with Crippen LogP contribution in [0.2, 0.25) is 5.02 Å². The van der Waals surface area contributed by atoms with Gasteiger partial charge in [0, 0.05) is 64.8 Å². The molecule has 4 aromatic rings. The summed E-state index contributed by atoms with van der Waals surface area (Å²) in [4.78, 5) is 28.6. The Hall–Kier alpha value is -4.21. The summed E-state index contributed by atoms with van der Waals surface area (Å²) in [7, 11) is 0. The van der Waals surface area contributed by atoms with Crippen LogP contribution in [-0.2, 0) is 6.54 Å². The normalized spacial score (nSPS) is 16.4. The van der Waals surface area contributed by atoms with Crippen LogP contribution in [0, 0.1) is 11.6 Å². The zero-order valence-electron chi connectivity index (χ0n) is 21.6. The lowest BCUT2D eigenvalue weighted by Gasteiger charge is -2.34. The van der Waals surface area contributed by atoms with E-state index in [9.17, 15) is 13.6 Å². The number of carbonyl (C=O) groups excluding carboxylic acids is 1. The highest BCUT2D eigenvalue weighted by molar-refractivity contribution is 6.31. The number of aromatic nitrogens is 2. The first kappa shape index (κ1) is 26.0. The molecular weight excluding hydrogens is 534 g/mol. The summed E-state index contributed by atoms with van der Waals surface area (Å²) in [6, 6.07) is 16.1. The van der Waals surface area contributed by atoms with E-state index in [0.29, 0.717) is 51.2 Å². The summed E-state index contributed by atoms with van der Waals surface area (Å²) < 4.78 is 29.6. The Morgan fingerprint density at radius 2 is 1.85 bits per heavy atom. The van der Waals surface area contributed by atoms with Crippen LogP contribution in [0.1, 0.15) is 34.0 Å². The predicted octanol–water partition coefficient (Wildman–Crippen LogP) is 5.60. The van der Waals surface area contributed by atoms with E-state index in [1.54, 1.807) is 36.5 Å². The number of nitrogens with zero attached hydrogens (tertiary/aromatic N) is 4. The van der Waals surface area contributed by atoms with Crippen LogP contribution < -0.4 is 10.6 Å². The first-order chi connectivity index (χ1) is 19.4. The second-order valence-corrected chi connectivity index (χ2v) is 10.2. The molecule has 2 aliphatic heterocycles. The molecule has 1 aromatic heterocycles. The molecule has 10 heteroatoms. The summed E-state index contributed by atoms with van der Waals surface area (Å²) in [5.41, 5.74) is 3.67. The number of rotatable bonds is 4. The molecule has 0 saturated carbocycles. The van der Waals surface area contributed by atoms with Crippen LogP contribution in [0.25, 0.3) is 11.3 Å². The Balaban J connectivity index is 1.30. The van der Waals surface area contributed by atoms with Crippen molar-refractivity contribution in [3.05, 3.63) is 106 Å². The van der Waals surface area contributed by atoms with E-state index in [1.807, 2.05) is 24.0 Å². The number of fused-ring (bicyclic) bond motifs is 3. The number of nitrogens with one attached hydrogen (secondary N) is 2. The molecule has 1 fully saturated rings. The number of amides is 1. The number of carbonyl (C=O) groups is 1. The summed E-state index contributed by atoms with van der Waals surface area (Å²) in [6.45, 7) is 4.39. The van der Waals surface area contributed by atoms with Gasteiger partial charge in [0.25, 0.3) is 5.91 Å². The van der Waals surface area contributed by atoms with Crippen molar-refractivity contribution in [2.45, 2.75) is 19.5 Å². The monoisotopic (exact) mass is 558 g/mol. The molecule has 0 radical (unpaired) electrons. The second-order valence-electron chi connectivity index (χ2n) is 9.77. The molecule has 7 nitrogen and oxygen atoms in total. The molecule has 2 N–H and O–H groups in total. The van der Waals surface area contributed by atoms with E-state index in [2.05, 4.69) is 20.6 Å². The maximum Gasteiger partial charge on any atom is 0.254 e. The number of benzene rings is 3. The molecule has 0 aliphatic carbocycles. The molecule has 0 bridgehead atoms. The minimum atomic E-state index is -0.711. The fraction of sp³-hybridized carbons (Fsp3) is 0.200. The average Bonchev–Trinajstić information content (AvgIpc) is 3.10. The second kappa shape index (κ2) is 10.7. The van der Waals surface area contributed by atoms with Gasteiger partial charge in [0.05, 0.1) is 23.5 Å². The number of piperazine rings is 1. The SMILES string of the molecule is C[C@@H]1CNCCN1C(=O)c1ccc(Nc2ncc3c(n2)-c2ccc(Cl)cc2C(c2c(F)cccc2F)=NC3)cc1. The van der Waals surface area contributed by atoms with Crippen molar-refractivity contribution in [3.8, 4) is 11.3 Å². The third kappa shape index (κ3) is 4.94. The van der Waals surface area contributed by atoms with Gasteiger partial charge in [-0.1, -0.05) is 23.7 Å². The Kier molecular flexibility index (Phi) is 7.00. The number of hydrogen-bond acceptors (Lipinski definition) is 6. The van der Waals surface area contributed by atoms with Gasteiger partial charge in [-0.3, -0.25) is 9.79 Å². The van der Waals surface area contributed by atoms with Crippen molar-refractivity contribution in [2.75, 3.05) is 25.0 Å². The van der Waals surface area contributed by atoms with E-state index in [1.165, 1.54) is 18.2 Å². The van der Waals surface area contributed by atoms with E-state index >= 15 is 0 Å². The van der Waals surface area contributed by atoms with Crippen LogP contribution in [0.5, 0.6) is 0 Å². The van der Waals surface area contributed by atoms with Gasteiger partial charge in [0.2, 0.25) is 5.95 Å². The standard InChI is InChI=1S/C30H25ClF2N6O/c1-17-14-34-11-12-39(17)29(40)18-5-8-21(9-6-18)37-30-36-16-19-15-35-28(26-24(32)3-2-4-25(26)33)23-13-20(31)7-10-22(23)27(19)38-30/h2-10,13,16-17,34H,11-12,14-15H2,1H3,(H,36,37,38)/t17-/m1/s1. The smallest absolute Gasteiger partial charge is 0.254 e. The van der Waals surface area contributed by atoms with Crippen molar-refractivity contribution in [1.29, 1.82) is 0 Å². The van der Waals surface area contributed by atoms with Gasteiger partial charge in [-0.25, -0.2) is 18.7 Å². The molecule has 1 amide bonds. The lowest BCUT2D eigenvalue weighted by molar-refractivity contribution is 0.0656. The number of aliphatic imine (C=N–C) groups is 1. The fourth-order valence-corrected chi connectivity index (χ4v) is 5.23. The lowest BCUT2D eigenvalue weighted by atomic mass is 9.95. The van der Waals surface area contributed by atoms with Crippen molar-refractivity contribution < 1.29 is 13.6 Å². The number of halogens is 3. The summed E-state index contributed by atoms with van der Waals surface area (Å²) in [6.07, 6.45) is 1.65. The molecule has 3 heterocycles. The number of hydrogen-bond donors (Lipinski definition) is 2. The molecular formula is C30H25ClF2N6O. The minimum absolute atomic E-state index is 0.000748. The first-order valence-corrected chi connectivity index (χ1v) is 13.3. The largest absolute Gasteiger partial charge is 0.333 e. The molecule has 3 aromatic carbocycles. The quantitative estimate of drug-likeness (QED) is 0.340. The van der Waals surface area contributed by atoms with Gasteiger partial charge in [-0.15, -0.1) is 0 Å². The maximum absolute atomic E-state index is 14.8. The summed E-state index contributed by atoms with van der Waals surface area (Å²) in [5, 5.41) is 6.89. The van der Waals surface area contributed by atoms with Crippen molar-refractivity contribution in [2.24, 2.45) is 4.99 Å². The highest BCUT2D eigenvalue weighted by Crippen LogP contribution is 2.34. The first-order valence-electron chi connectivity index (χ1n) is 12.9. The molecule has 40 heavy (non-hydrogen) atoms. The van der Waals surface area contributed by atoms with E-state index in [4.69, 9.17) is 16.6 Å². The summed E-state index contributed by atoms with van der Waals surface area (Å²) >= 11 is 6.30. The molecule has 2 aliphatic rings. The van der Waals surface area contributed by atoms with Gasteiger partial charge in [-0.2, -0.15) is 0 Å². The van der Waals surface area contributed by atoms with Crippen LogP contribution >= 0.6 is 11.6 Å². The van der Waals surface area contributed by atoms with Gasteiger partial charge in [-0.05, 0) is 55.5 Å². The Bertz CT molecular complexity index is 1620. The van der Waals surface area contributed by atoms with Crippen LogP contribution in [0.4, 0.5) is 20.4 Å². The van der Waals surface area contributed by atoms with Crippen molar-refractivity contribution in [1.82, 2.24) is 20.2 Å². The third-order valence-corrected chi connectivity index (χ3v) is 7.35. The average molecular weight is 559 g/mol. The fourth-order valence-electron chi connectivity index (χ4n) is 5.06. The Morgan fingerprint density at radius 3 is 2.60 bits per heavy atom. The third-order valence-electron chi connectivity index (χ3n) is 7.11. The van der Waals surface area contributed by atoms with Crippen molar-refractivity contribution >= 4 is 34.9 Å². The van der Waals surface area contributed by atoms with E-state index < -0.39 is 11.6 Å². The van der Waals surface area contributed by atoms with Crippen molar-refractivity contribution in [3.63, 3.8) is 0 Å². The molecule has 0 unspecified atom stereocenters. The van der Waals surface area contributed by atoms with E-state index in [0.717, 1.165) is 13.1 Å². The highest BCUT2D eigenvalue weighted by Gasteiger charge is 2.26. The zero-order valence-corrected chi connectivity index (χ0v) is 22.3. The van der Waals surface area contributed by atoms with Crippen LogP contribution in [-0.4, -0.2) is 52.2 Å². The minimum Gasteiger partial charge on any atom is -0.333 e. The van der Waals surface area contributed by atoms with Crippen LogP contribution in [0.3, 0.4) is 0 Å².